The van der Waals surface area contributed by atoms with Crippen LogP contribution in [0.5, 0.6) is 5.75 Å². The maximum absolute atomic E-state index is 12.9. The van der Waals surface area contributed by atoms with Crippen molar-refractivity contribution in [2.75, 3.05) is 12.4 Å². The molecule has 1 atom stereocenters. The highest BCUT2D eigenvalue weighted by molar-refractivity contribution is 6.10. The Morgan fingerprint density at radius 3 is 2.50 bits per heavy atom. The van der Waals surface area contributed by atoms with Crippen LogP contribution in [0.2, 0.25) is 0 Å². The normalized spacial score (nSPS) is 12.1. The van der Waals surface area contributed by atoms with E-state index in [-0.39, 0.29) is 0 Å². The Balaban J connectivity index is 1.16. The van der Waals surface area contributed by atoms with Gasteiger partial charge in [0.25, 0.3) is 5.91 Å². The molecule has 1 amide bonds. The molecule has 0 aliphatic rings. The summed E-state index contributed by atoms with van der Waals surface area (Å²) in [5.74, 6) is 0.436. The summed E-state index contributed by atoms with van der Waals surface area (Å²) < 4.78 is 13.0. The summed E-state index contributed by atoms with van der Waals surface area (Å²) in [7, 11) is 1.62. The van der Waals surface area contributed by atoms with Crippen molar-refractivity contribution in [3.63, 3.8) is 0 Å². The number of ether oxygens (including phenoxy) is 2. The lowest BCUT2D eigenvalue weighted by molar-refractivity contribution is -0.123. The number of carbonyl (C=O) groups is 2. The summed E-state index contributed by atoms with van der Waals surface area (Å²) in [4.78, 5) is 33.7. The second-order valence-corrected chi connectivity index (χ2v) is 9.58. The van der Waals surface area contributed by atoms with Gasteiger partial charge in [0.2, 0.25) is 0 Å². The van der Waals surface area contributed by atoms with Gasteiger partial charge in [-0.1, -0.05) is 18.2 Å². The molecule has 8 heteroatoms. The number of amides is 1. The number of carbonyl (C=O) groups excluding carboxylic acids is 2. The number of rotatable bonds is 7. The summed E-state index contributed by atoms with van der Waals surface area (Å²) in [6.07, 6.45) is -0.993. The molecule has 4 aromatic carbocycles. The van der Waals surface area contributed by atoms with Gasteiger partial charge in [-0.3, -0.25) is 4.79 Å². The van der Waals surface area contributed by atoms with Gasteiger partial charge in [-0.15, -0.1) is 0 Å². The Morgan fingerprint density at radius 2 is 1.73 bits per heavy atom. The molecule has 0 fully saturated rings. The van der Waals surface area contributed by atoms with Crippen LogP contribution < -0.4 is 10.1 Å². The fraction of sp³-hybridized carbons (Fsp3) is 0.156. The predicted molar refractivity (Wildman–Crippen MR) is 157 cm³/mol. The zero-order valence-electron chi connectivity index (χ0n) is 22.4. The molecule has 2 heterocycles. The lowest BCUT2D eigenvalue weighted by Gasteiger charge is -2.14. The highest BCUT2D eigenvalue weighted by atomic mass is 16.5. The van der Waals surface area contributed by atoms with Gasteiger partial charge in [0.05, 0.1) is 23.7 Å². The van der Waals surface area contributed by atoms with E-state index in [1.807, 2.05) is 54.6 Å². The molecule has 0 aliphatic heterocycles. The molecule has 0 bridgehead atoms. The summed E-state index contributed by atoms with van der Waals surface area (Å²) in [5, 5.41) is 5.07. The fourth-order valence-corrected chi connectivity index (χ4v) is 5.02. The number of esters is 1. The monoisotopic (exact) mass is 532 g/mol. The molecule has 0 aliphatic carbocycles. The number of nitrogens with one attached hydrogen (secondary N) is 2. The number of anilines is 1. The zero-order valence-corrected chi connectivity index (χ0v) is 22.4. The van der Waals surface area contributed by atoms with E-state index in [2.05, 4.69) is 38.9 Å². The Hall–Kier alpha value is -5.11. The van der Waals surface area contributed by atoms with Crippen molar-refractivity contribution >= 4 is 50.4 Å². The van der Waals surface area contributed by atoms with E-state index >= 15 is 0 Å². The number of imidazole rings is 1. The van der Waals surface area contributed by atoms with Gasteiger partial charge in [0.15, 0.2) is 6.10 Å². The number of H-pyrrole nitrogens is 1. The summed E-state index contributed by atoms with van der Waals surface area (Å²) >= 11 is 0. The van der Waals surface area contributed by atoms with Crippen LogP contribution in [0.4, 0.5) is 5.69 Å². The highest BCUT2D eigenvalue weighted by Gasteiger charge is 2.20. The number of aromatic amines is 1. The summed E-state index contributed by atoms with van der Waals surface area (Å²) in [5.41, 5.74) is 5.52. The van der Waals surface area contributed by atoms with Gasteiger partial charge in [0.1, 0.15) is 11.6 Å². The van der Waals surface area contributed by atoms with Crippen LogP contribution in [0, 0.1) is 0 Å². The highest BCUT2D eigenvalue weighted by Crippen LogP contribution is 2.31. The van der Waals surface area contributed by atoms with Gasteiger partial charge in [0, 0.05) is 39.6 Å². The number of nitrogens with zero attached hydrogens (tertiary/aromatic N) is 2. The molecule has 0 saturated heterocycles. The van der Waals surface area contributed by atoms with E-state index in [4.69, 9.17) is 9.47 Å². The Labute approximate surface area is 230 Å². The lowest BCUT2D eigenvalue weighted by atomic mass is 10.1. The first-order valence-electron chi connectivity index (χ1n) is 13.1. The number of fused-ring (bicyclic) bond motifs is 4. The Bertz CT molecular complexity index is 1880. The molecular formula is C32H28N4O4. The summed E-state index contributed by atoms with van der Waals surface area (Å²) in [6, 6.07) is 26.7. The molecule has 0 radical (unpaired) electrons. The van der Waals surface area contributed by atoms with Crippen LogP contribution in [-0.2, 0) is 16.1 Å². The second kappa shape index (κ2) is 10.2. The number of para-hydroxylation sites is 1. The number of aryl methyl sites for hydroxylation is 1. The molecule has 2 N–H and O–H groups in total. The van der Waals surface area contributed by atoms with Crippen LogP contribution >= 0.6 is 0 Å². The largest absolute Gasteiger partial charge is 0.497 e. The maximum atomic E-state index is 12.9. The number of hydrogen-bond donors (Lipinski definition) is 2. The van der Waals surface area contributed by atoms with Crippen molar-refractivity contribution in [3.8, 4) is 17.1 Å². The third-order valence-corrected chi connectivity index (χ3v) is 7.09. The second-order valence-electron chi connectivity index (χ2n) is 9.58. The standard InChI is InChI=1S/C32H28N4O4/c1-4-36-28-8-6-5-7-24(28)25-18-22(12-16-29(25)36)33-31(37)19(2)40-32(38)21-11-15-26-27(17-21)35-30(34-26)20-9-13-23(39-3)14-10-20/h5-19H,4H2,1-3H3,(H,33,37)(H,34,35). The molecule has 6 aromatic rings. The lowest BCUT2D eigenvalue weighted by Crippen LogP contribution is -2.30. The van der Waals surface area contributed by atoms with E-state index in [9.17, 15) is 9.59 Å². The summed E-state index contributed by atoms with van der Waals surface area (Å²) in [6.45, 7) is 4.52. The van der Waals surface area contributed by atoms with E-state index < -0.39 is 18.0 Å². The van der Waals surface area contributed by atoms with Gasteiger partial charge in [-0.2, -0.15) is 0 Å². The van der Waals surface area contributed by atoms with Crippen molar-refractivity contribution in [3.05, 3.63) is 90.5 Å². The molecular weight excluding hydrogens is 504 g/mol. The molecule has 1 unspecified atom stereocenters. The van der Waals surface area contributed by atoms with Crippen LogP contribution in [0.1, 0.15) is 24.2 Å². The minimum absolute atomic E-state index is 0.325. The van der Waals surface area contributed by atoms with Crippen LogP contribution in [-0.4, -0.2) is 39.6 Å². The molecule has 6 rings (SSSR count). The van der Waals surface area contributed by atoms with E-state index in [1.54, 1.807) is 32.2 Å². The molecule has 200 valence electrons. The number of methoxy groups -OCH3 is 1. The Morgan fingerprint density at radius 1 is 0.950 bits per heavy atom. The molecule has 0 spiro atoms. The topological polar surface area (TPSA) is 98.2 Å². The van der Waals surface area contributed by atoms with E-state index in [0.29, 0.717) is 28.1 Å². The minimum Gasteiger partial charge on any atom is -0.497 e. The molecule has 40 heavy (non-hydrogen) atoms. The van der Waals surface area contributed by atoms with Gasteiger partial charge in [-0.25, -0.2) is 9.78 Å². The van der Waals surface area contributed by atoms with Crippen molar-refractivity contribution in [2.45, 2.75) is 26.5 Å². The average molecular weight is 533 g/mol. The van der Waals surface area contributed by atoms with Crippen LogP contribution in [0.25, 0.3) is 44.2 Å². The van der Waals surface area contributed by atoms with E-state index in [0.717, 1.165) is 39.7 Å². The SMILES string of the molecule is CCn1c2ccccc2c2cc(NC(=O)C(C)OC(=O)c3ccc4nc(-c5ccc(OC)cc5)[nH]c4c3)ccc21. The van der Waals surface area contributed by atoms with Gasteiger partial charge < -0.3 is 24.3 Å². The first-order chi connectivity index (χ1) is 19.4. The molecule has 2 aromatic heterocycles. The zero-order chi connectivity index (χ0) is 27.8. The average Bonchev–Trinajstić information content (AvgIpc) is 3.55. The van der Waals surface area contributed by atoms with Crippen molar-refractivity contribution in [1.29, 1.82) is 0 Å². The third kappa shape index (κ3) is 4.53. The van der Waals surface area contributed by atoms with Crippen molar-refractivity contribution in [2.24, 2.45) is 0 Å². The predicted octanol–water partition coefficient (Wildman–Crippen LogP) is 6.55. The van der Waals surface area contributed by atoms with Crippen molar-refractivity contribution in [1.82, 2.24) is 14.5 Å². The maximum Gasteiger partial charge on any atom is 0.338 e. The van der Waals surface area contributed by atoms with Crippen LogP contribution in [0.15, 0.2) is 84.9 Å². The van der Waals surface area contributed by atoms with Crippen molar-refractivity contribution < 1.29 is 19.1 Å². The smallest absolute Gasteiger partial charge is 0.338 e. The Kier molecular flexibility index (Phi) is 6.43. The number of benzene rings is 4. The number of hydrogen-bond acceptors (Lipinski definition) is 5. The third-order valence-electron chi connectivity index (χ3n) is 7.09. The van der Waals surface area contributed by atoms with Crippen LogP contribution in [0.3, 0.4) is 0 Å². The fourth-order valence-electron chi connectivity index (χ4n) is 5.02. The first-order valence-corrected chi connectivity index (χ1v) is 13.1. The number of aromatic nitrogens is 3. The quantitative estimate of drug-likeness (QED) is 0.227. The minimum atomic E-state index is -0.993. The molecule has 0 saturated carbocycles. The van der Waals surface area contributed by atoms with Gasteiger partial charge in [-0.05, 0) is 80.6 Å². The molecule has 8 nitrogen and oxygen atoms in total. The first kappa shape index (κ1) is 25.2. The van der Waals surface area contributed by atoms with E-state index in [1.165, 1.54) is 0 Å². The van der Waals surface area contributed by atoms with Gasteiger partial charge >= 0.3 is 5.97 Å².